The van der Waals surface area contributed by atoms with Gasteiger partial charge in [0.05, 0.1) is 38.6 Å². The monoisotopic (exact) mass is 1560 g/mol. The van der Waals surface area contributed by atoms with Crippen molar-refractivity contribution in [2.24, 2.45) is 41.4 Å². The van der Waals surface area contributed by atoms with Gasteiger partial charge in [-0.25, -0.2) is 8.78 Å². The van der Waals surface area contributed by atoms with E-state index in [4.69, 9.17) is 4.74 Å². The molecule has 0 radical (unpaired) electrons. The number of nitrogens with one attached hydrogen (secondary N) is 3. The van der Waals surface area contributed by atoms with Crippen LogP contribution in [0, 0.1) is 41.4 Å². The first-order chi connectivity index (χ1) is 51.2. The highest BCUT2D eigenvalue weighted by Gasteiger charge is 2.55. The Morgan fingerprint density at radius 3 is 1.76 bits per heavy atom. The van der Waals surface area contributed by atoms with Gasteiger partial charge in [-0.2, -0.15) is 26.3 Å². The summed E-state index contributed by atoms with van der Waals surface area (Å²) < 4.78 is 121. The normalized spacial score (nSPS) is 31.5. The fraction of sp³-hybridized carbons (Fsp3) is 0.842. The molecule has 12 amide bonds. The molecule has 4 saturated carbocycles. The summed E-state index contributed by atoms with van der Waals surface area (Å²) in [5.74, 6) is -16.7. The number of carbonyl (C=O) groups excluding carboxylic acids is 12. The zero-order chi connectivity index (χ0) is 80.9. The first-order valence-electron chi connectivity index (χ1n) is 39.5. The Bertz CT molecular complexity index is 3170. The van der Waals surface area contributed by atoms with Gasteiger partial charge in [0.2, 0.25) is 70.9 Å². The van der Waals surface area contributed by atoms with E-state index in [9.17, 15) is 45.5 Å². The van der Waals surface area contributed by atoms with E-state index in [2.05, 4.69) is 16.0 Å². The van der Waals surface area contributed by atoms with Gasteiger partial charge in [-0.05, 0) is 146 Å². The van der Waals surface area contributed by atoms with Gasteiger partial charge < -0.3 is 64.8 Å². The topological polar surface area (TPSA) is 279 Å². The Morgan fingerprint density at radius 2 is 1.19 bits per heavy atom. The van der Waals surface area contributed by atoms with E-state index in [1.807, 2.05) is 13.8 Å². The minimum atomic E-state index is -5.21. The van der Waals surface area contributed by atoms with Crippen molar-refractivity contribution in [3.8, 4) is 0 Å². The fourth-order valence-electron chi connectivity index (χ4n) is 17.6. The third-order valence-electron chi connectivity index (χ3n) is 24.6. The standard InChI is InChI=1S/C76H120F8N12O13/c1-13-46(5)63-71(106)89(8)44-61(99)90(9)55-24-16-15-21-33-96(70(55)105)58(41-48-25-28-51(29-26-48)75(79,80)81)68(103)88(7)43-59(97)85-54(30-27-49-39-52(77)62(53(78)40-49)76(82,83)84)67(102)95(14-2)47(6)65(100)87-74(31-19-20-32-74)73(108)93(12)64(50-22-17-18-23-50)72(107)92(11)57(69(104)94-34-36-109-37-35-94)42-60(98)91(10)56(38-45(3)4)66(101)86-63/h45-58,62-64H,13-44H2,1-12H3,(H,85,97)(H,86,101)(H,87,100)/t46-,47-,48?,49?,51?,52?,53?,54-,55-,56-,57-,58-,62?,63-,64-/m0/s1. The number of nitrogens with zero attached hydrogens (tertiary/aromatic N) is 9. The van der Waals surface area contributed by atoms with E-state index in [-0.39, 0.29) is 110 Å². The molecule has 3 heterocycles. The molecule has 7 aliphatic rings. The van der Waals surface area contributed by atoms with Gasteiger partial charge in [0.25, 0.3) is 0 Å². The number of hydrogen-bond donors (Lipinski definition) is 3. The summed E-state index contributed by atoms with van der Waals surface area (Å²) in [6, 6.07) is -11.2. The van der Waals surface area contributed by atoms with Crippen LogP contribution >= 0.6 is 0 Å². The smallest absolute Gasteiger partial charge is 0.378 e. The van der Waals surface area contributed by atoms with Crippen LogP contribution in [0.2, 0.25) is 0 Å². The fourth-order valence-corrected chi connectivity index (χ4v) is 17.6. The summed E-state index contributed by atoms with van der Waals surface area (Å²) in [5.41, 5.74) is -1.70. The van der Waals surface area contributed by atoms with E-state index >= 15 is 47.1 Å². The van der Waals surface area contributed by atoms with Crippen LogP contribution in [0.3, 0.4) is 0 Å². The highest BCUT2D eigenvalue weighted by Crippen LogP contribution is 2.46. The van der Waals surface area contributed by atoms with E-state index in [1.165, 1.54) is 80.6 Å². The maximum atomic E-state index is 15.7. The summed E-state index contributed by atoms with van der Waals surface area (Å²) in [6.07, 6.45) is -13.6. The van der Waals surface area contributed by atoms with Crippen LogP contribution in [0.4, 0.5) is 35.1 Å². The second kappa shape index (κ2) is 39.0. The van der Waals surface area contributed by atoms with Gasteiger partial charge in [-0.1, -0.05) is 72.6 Å². The molecule has 25 nitrogen and oxygen atoms in total. The molecule has 33 heteroatoms. The highest BCUT2D eigenvalue weighted by atomic mass is 19.4. The summed E-state index contributed by atoms with van der Waals surface area (Å²) in [6.45, 7) is 8.74. The molecular formula is C76H120F8N12O13. The maximum Gasteiger partial charge on any atom is 0.397 e. The molecule has 0 aromatic rings. The zero-order valence-electron chi connectivity index (χ0n) is 65.8. The van der Waals surface area contributed by atoms with Crippen molar-refractivity contribution in [1.82, 2.24) is 60.0 Å². The number of hydrogen-bond acceptors (Lipinski definition) is 13. The number of alkyl halides is 8. The molecule has 7 fully saturated rings. The van der Waals surface area contributed by atoms with Gasteiger partial charge in [0.1, 0.15) is 72.1 Å². The number of fused-ring (bicyclic) bond motifs is 2. The van der Waals surface area contributed by atoms with Crippen molar-refractivity contribution in [3.63, 3.8) is 0 Å². The number of amides is 12. The highest BCUT2D eigenvalue weighted by molar-refractivity contribution is 6.01. The Balaban J connectivity index is 1.32. The molecule has 3 aliphatic heterocycles. The third kappa shape index (κ3) is 22.3. The molecule has 11 atom stereocenters. The molecule has 0 aromatic carbocycles. The van der Waals surface area contributed by atoms with Crippen LogP contribution in [0.1, 0.15) is 196 Å². The Kier molecular flexibility index (Phi) is 31.9. The summed E-state index contributed by atoms with van der Waals surface area (Å²) >= 11 is 0. The van der Waals surface area contributed by atoms with Crippen molar-refractivity contribution in [2.75, 3.05) is 94.8 Å². The quantitative estimate of drug-likeness (QED) is 0.167. The van der Waals surface area contributed by atoms with Crippen LogP contribution < -0.4 is 16.0 Å². The molecule has 4 aliphatic carbocycles. The van der Waals surface area contributed by atoms with Crippen LogP contribution in [-0.4, -0.2) is 288 Å². The molecule has 3 saturated heterocycles. The zero-order valence-corrected chi connectivity index (χ0v) is 65.8. The maximum absolute atomic E-state index is 15.7. The van der Waals surface area contributed by atoms with Crippen LogP contribution in [0.15, 0.2) is 0 Å². The van der Waals surface area contributed by atoms with Gasteiger partial charge in [0.15, 0.2) is 0 Å². The van der Waals surface area contributed by atoms with Gasteiger partial charge in [-0.3, -0.25) is 57.5 Å². The summed E-state index contributed by atoms with van der Waals surface area (Å²) in [7, 11) is 8.13. The Morgan fingerprint density at radius 1 is 0.596 bits per heavy atom. The predicted octanol–water partition coefficient (Wildman–Crippen LogP) is 6.97. The minimum Gasteiger partial charge on any atom is -0.378 e. The van der Waals surface area contributed by atoms with E-state index in [0.717, 1.165) is 19.6 Å². The molecule has 2 bridgehead atoms. The van der Waals surface area contributed by atoms with Crippen LogP contribution in [-0.2, 0) is 62.3 Å². The molecule has 1 spiro atoms. The summed E-state index contributed by atoms with van der Waals surface area (Å²) in [5, 5.41) is 8.44. The molecule has 7 rings (SSSR count). The molecule has 618 valence electrons. The molecule has 2 unspecified atom stereocenters. The number of rotatable bonds is 12. The van der Waals surface area contributed by atoms with Crippen molar-refractivity contribution in [3.05, 3.63) is 0 Å². The van der Waals surface area contributed by atoms with Gasteiger partial charge >= 0.3 is 12.4 Å². The van der Waals surface area contributed by atoms with Gasteiger partial charge in [-0.15, -0.1) is 0 Å². The molecule has 3 N–H and O–H groups in total. The van der Waals surface area contributed by atoms with Gasteiger partial charge in [0, 0.05) is 68.5 Å². The molecule has 0 aromatic heterocycles. The number of ether oxygens (including phenoxy) is 1. The lowest BCUT2D eigenvalue weighted by atomic mass is 9.76. The lowest BCUT2D eigenvalue weighted by molar-refractivity contribution is -0.219. The average molecular weight is 1560 g/mol. The first-order valence-corrected chi connectivity index (χ1v) is 39.5. The SMILES string of the molecule is CC[C@H](C)[C@@H]1NC(=O)[C@H](CC(C)C)N(C)C(=O)C[C@@H](C(=O)N2CCOCC2)N(C)C(=O)[C@H](C2CCCC2)N(C)C(=O)C2(CCCC2)NC(=O)[C@H](C)N(CC)C(=O)[C@H](CCC2CC(F)C(C(F)(F)F)C(F)C2)NC(=O)CN(C)C(=O)[C@H](CC2CCC(C(F)(F)F)CC2)N2CCCCC[C@@H](C2=O)N(C)C(=O)CN(C)C1=O. The number of likely N-dealkylation sites (N-methyl/N-ethyl adjacent to an activating group) is 7. The number of halogens is 8. The first kappa shape index (κ1) is 89.2. The largest absolute Gasteiger partial charge is 0.397 e. The number of carbonyl (C=O) groups is 12. The lowest BCUT2D eigenvalue weighted by Crippen LogP contribution is -2.65. The van der Waals surface area contributed by atoms with E-state index in [0.29, 0.717) is 64.2 Å². The molecular weight excluding hydrogens is 1440 g/mol. The van der Waals surface area contributed by atoms with Crippen molar-refractivity contribution in [1.29, 1.82) is 0 Å². The van der Waals surface area contributed by atoms with Crippen molar-refractivity contribution < 1.29 is 97.4 Å². The van der Waals surface area contributed by atoms with Crippen LogP contribution in [0.5, 0.6) is 0 Å². The Hall–Kier alpha value is -6.96. The third-order valence-corrected chi connectivity index (χ3v) is 24.6. The molecule has 109 heavy (non-hydrogen) atoms. The summed E-state index contributed by atoms with van der Waals surface area (Å²) in [4.78, 5) is 193. The number of morpholine rings is 1. The predicted molar refractivity (Wildman–Crippen MR) is 386 cm³/mol. The second-order valence-corrected chi connectivity index (χ2v) is 32.5. The van der Waals surface area contributed by atoms with E-state index < -0.39 is 224 Å². The van der Waals surface area contributed by atoms with Crippen molar-refractivity contribution >= 4 is 70.9 Å². The van der Waals surface area contributed by atoms with E-state index in [1.54, 1.807) is 13.8 Å². The second-order valence-electron chi connectivity index (χ2n) is 32.5. The minimum absolute atomic E-state index is 0.0123. The Labute approximate surface area is 636 Å². The van der Waals surface area contributed by atoms with Crippen molar-refractivity contribution in [2.45, 2.75) is 274 Å². The van der Waals surface area contributed by atoms with Crippen LogP contribution in [0.25, 0.3) is 0 Å². The lowest BCUT2D eigenvalue weighted by Gasteiger charge is -2.42. The average Bonchev–Trinajstić information content (AvgIpc) is 1.75.